The lowest BCUT2D eigenvalue weighted by atomic mass is 9.98. The molecule has 106 valence electrons. The van der Waals surface area contributed by atoms with Crippen LogP contribution in [0.5, 0.6) is 0 Å². The van der Waals surface area contributed by atoms with Gasteiger partial charge in [0.15, 0.2) is 0 Å². The number of nitrogens with one attached hydrogen (secondary N) is 2. The first-order valence-corrected chi connectivity index (χ1v) is 6.98. The molecule has 0 aliphatic heterocycles. The van der Waals surface area contributed by atoms with Crippen molar-refractivity contribution in [3.63, 3.8) is 0 Å². The quantitative estimate of drug-likeness (QED) is 0.709. The molecule has 0 aliphatic carbocycles. The van der Waals surface area contributed by atoms with Crippen molar-refractivity contribution < 1.29 is 4.39 Å². The molecule has 0 radical (unpaired) electrons. The van der Waals surface area contributed by atoms with E-state index in [1.165, 1.54) is 12.1 Å². The highest BCUT2D eigenvalue weighted by Crippen LogP contribution is 2.33. The number of benzene rings is 2. The van der Waals surface area contributed by atoms with Gasteiger partial charge in [-0.05, 0) is 36.2 Å². The smallest absolute Gasteiger partial charge is 0.306 e. The Morgan fingerprint density at radius 3 is 2.62 bits per heavy atom. The Kier molecular flexibility index (Phi) is 3.25. The van der Waals surface area contributed by atoms with Gasteiger partial charge in [-0.1, -0.05) is 28.1 Å². The SMILES string of the molecule is Cc1c(Br)cccc1-c1c(F)ccc2c(=O)[nH]c(=O)[nH]c12. The van der Waals surface area contributed by atoms with E-state index in [1.54, 1.807) is 12.1 Å². The highest BCUT2D eigenvalue weighted by atomic mass is 79.9. The first-order valence-electron chi connectivity index (χ1n) is 6.19. The van der Waals surface area contributed by atoms with Crippen LogP contribution >= 0.6 is 15.9 Å². The molecule has 21 heavy (non-hydrogen) atoms. The van der Waals surface area contributed by atoms with E-state index < -0.39 is 17.1 Å². The van der Waals surface area contributed by atoms with E-state index in [4.69, 9.17) is 0 Å². The Morgan fingerprint density at radius 2 is 1.86 bits per heavy atom. The maximum Gasteiger partial charge on any atom is 0.326 e. The van der Waals surface area contributed by atoms with Gasteiger partial charge in [0.1, 0.15) is 5.82 Å². The molecule has 0 spiro atoms. The van der Waals surface area contributed by atoms with E-state index in [-0.39, 0.29) is 16.5 Å². The normalized spacial score (nSPS) is 11.0. The topological polar surface area (TPSA) is 65.7 Å². The Bertz CT molecular complexity index is 976. The van der Waals surface area contributed by atoms with Gasteiger partial charge in [-0.3, -0.25) is 9.78 Å². The number of aromatic nitrogens is 2. The zero-order chi connectivity index (χ0) is 15.1. The Labute approximate surface area is 126 Å². The summed E-state index contributed by atoms with van der Waals surface area (Å²) in [6.45, 7) is 1.84. The first kappa shape index (κ1) is 13.8. The summed E-state index contributed by atoms with van der Waals surface area (Å²) in [7, 11) is 0. The molecule has 0 atom stereocenters. The minimum absolute atomic E-state index is 0.199. The second kappa shape index (κ2) is 4.96. The number of rotatable bonds is 1. The molecule has 1 aromatic heterocycles. The van der Waals surface area contributed by atoms with Gasteiger partial charge >= 0.3 is 5.69 Å². The summed E-state index contributed by atoms with van der Waals surface area (Å²) < 4.78 is 15.2. The molecule has 1 heterocycles. The molecule has 0 aliphatic rings. The molecule has 0 saturated heterocycles. The van der Waals surface area contributed by atoms with E-state index >= 15 is 0 Å². The molecule has 6 heteroatoms. The van der Waals surface area contributed by atoms with Crippen LogP contribution in [-0.2, 0) is 0 Å². The molecule has 0 fully saturated rings. The molecule has 0 unspecified atom stereocenters. The second-order valence-electron chi connectivity index (χ2n) is 4.67. The van der Waals surface area contributed by atoms with Crippen LogP contribution in [0.3, 0.4) is 0 Å². The first-order chi connectivity index (χ1) is 9.99. The molecular formula is C15H10BrFN2O2. The van der Waals surface area contributed by atoms with Gasteiger partial charge in [0.25, 0.3) is 5.56 Å². The third kappa shape index (κ3) is 2.21. The average molecular weight is 349 g/mol. The lowest BCUT2D eigenvalue weighted by Gasteiger charge is -2.11. The van der Waals surface area contributed by atoms with Crippen molar-refractivity contribution in [2.24, 2.45) is 0 Å². The number of halogens is 2. The van der Waals surface area contributed by atoms with Crippen LogP contribution in [0.2, 0.25) is 0 Å². The van der Waals surface area contributed by atoms with E-state index in [9.17, 15) is 14.0 Å². The Hall–Kier alpha value is -2.21. The van der Waals surface area contributed by atoms with E-state index in [0.29, 0.717) is 5.56 Å². The van der Waals surface area contributed by atoms with Crippen molar-refractivity contribution in [3.05, 3.63) is 67.0 Å². The Morgan fingerprint density at radius 1 is 1.10 bits per heavy atom. The predicted molar refractivity (Wildman–Crippen MR) is 83.0 cm³/mol. The van der Waals surface area contributed by atoms with Crippen LogP contribution < -0.4 is 11.2 Å². The number of aromatic amines is 2. The fraction of sp³-hybridized carbons (Fsp3) is 0.0667. The summed E-state index contributed by atoms with van der Waals surface area (Å²) in [5.41, 5.74) is 0.660. The fourth-order valence-corrected chi connectivity index (χ4v) is 2.72. The van der Waals surface area contributed by atoms with Crippen molar-refractivity contribution in [1.29, 1.82) is 0 Å². The third-order valence-electron chi connectivity index (χ3n) is 3.40. The van der Waals surface area contributed by atoms with Crippen LogP contribution in [0.15, 0.2) is 44.4 Å². The van der Waals surface area contributed by atoms with Gasteiger partial charge in [-0.2, -0.15) is 0 Å². The maximum absolute atomic E-state index is 14.3. The number of fused-ring (bicyclic) bond motifs is 1. The molecule has 2 aromatic carbocycles. The zero-order valence-corrected chi connectivity index (χ0v) is 12.5. The monoisotopic (exact) mass is 348 g/mol. The predicted octanol–water partition coefficient (Wildman–Crippen LogP) is 3.09. The average Bonchev–Trinajstić information content (AvgIpc) is 2.42. The number of hydrogen-bond acceptors (Lipinski definition) is 2. The number of H-pyrrole nitrogens is 2. The standard InChI is InChI=1S/C15H10BrFN2O2/c1-7-8(3-2-4-10(7)16)12-11(17)6-5-9-13(12)18-15(21)19-14(9)20/h2-6H,1H3,(H2,18,19,20,21). The molecule has 2 N–H and O–H groups in total. The van der Waals surface area contributed by atoms with Gasteiger partial charge in [0.05, 0.1) is 10.9 Å². The molecule has 0 bridgehead atoms. The largest absolute Gasteiger partial charge is 0.326 e. The van der Waals surface area contributed by atoms with Crippen LogP contribution in [0.4, 0.5) is 4.39 Å². The lowest BCUT2D eigenvalue weighted by Crippen LogP contribution is -2.22. The lowest BCUT2D eigenvalue weighted by molar-refractivity contribution is 0.632. The summed E-state index contributed by atoms with van der Waals surface area (Å²) in [6, 6.07) is 7.95. The molecule has 4 nitrogen and oxygen atoms in total. The van der Waals surface area contributed by atoms with Crippen LogP contribution in [0, 0.1) is 12.7 Å². The highest BCUT2D eigenvalue weighted by Gasteiger charge is 2.15. The minimum Gasteiger partial charge on any atom is -0.306 e. The zero-order valence-electron chi connectivity index (χ0n) is 11.0. The van der Waals surface area contributed by atoms with Gasteiger partial charge in [0, 0.05) is 10.0 Å². The molecule has 0 saturated carbocycles. The summed E-state index contributed by atoms with van der Waals surface area (Å²) in [5.74, 6) is -0.495. The van der Waals surface area contributed by atoms with Gasteiger partial charge in [0.2, 0.25) is 0 Å². The maximum atomic E-state index is 14.3. The molecule has 3 rings (SSSR count). The van der Waals surface area contributed by atoms with E-state index in [2.05, 4.69) is 25.9 Å². The van der Waals surface area contributed by atoms with Crippen LogP contribution in [0.25, 0.3) is 22.0 Å². The van der Waals surface area contributed by atoms with Crippen molar-refractivity contribution in [3.8, 4) is 11.1 Å². The van der Waals surface area contributed by atoms with E-state index in [1.807, 2.05) is 13.0 Å². The summed E-state index contributed by atoms with van der Waals surface area (Å²) in [5, 5.41) is 0.241. The van der Waals surface area contributed by atoms with Gasteiger partial charge < -0.3 is 4.98 Å². The number of hydrogen-bond donors (Lipinski definition) is 2. The highest BCUT2D eigenvalue weighted by molar-refractivity contribution is 9.10. The summed E-state index contributed by atoms with van der Waals surface area (Å²) in [4.78, 5) is 28.0. The van der Waals surface area contributed by atoms with E-state index in [0.717, 1.165) is 10.0 Å². The molecular weight excluding hydrogens is 339 g/mol. The second-order valence-corrected chi connectivity index (χ2v) is 5.52. The van der Waals surface area contributed by atoms with Crippen molar-refractivity contribution in [1.82, 2.24) is 9.97 Å². The fourth-order valence-electron chi connectivity index (χ4n) is 2.35. The summed E-state index contributed by atoms with van der Waals surface area (Å²) >= 11 is 3.40. The van der Waals surface area contributed by atoms with Gasteiger partial charge in [-0.15, -0.1) is 0 Å². The van der Waals surface area contributed by atoms with Gasteiger partial charge in [-0.25, -0.2) is 9.18 Å². The Balaban J connectivity index is 2.53. The van der Waals surface area contributed by atoms with Crippen LogP contribution in [0.1, 0.15) is 5.56 Å². The third-order valence-corrected chi connectivity index (χ3v) is 4.26. The van der Waals surface area contributed by atoms with Crippen molar-refractivity contribution in [2.45, 2.75) is 6.92 Å². The van der Waals surface area contributed by atoms with Crippen molar-refractivity contribution in [2.75, 3.05) is 0 Å². The van der Waals surface area contributed by atoms with Crippen molar-refractivity contribution >= 4 is 26.8 Å². The van der Waals surface area contributed by atoms with Crippen LogP contribution in [-0.4, -0.2) is 9.97 Å². The summed E-state index contributed by atoms with van der Waals surface area (Å²) in [6.07, 6.45) is 0. The molecule has 0 amide bonds. The minimum atomic E-state index is -0.660. The molecule has 3 aromatic rings.